The van der Waals surface area contributed by atoms with Gasteiger partial charge >= 0.3 is 0 Å². The predicted octanol–water partition coefficient (Wildman–Crippen LogP) is 2.64. The van der Waals surface area contributed by atoms with Crippen molar-refractivity contribution in [2.45, 2.75) is 51.0 Å². The van der Waals surface area contributed by atoms with Crippen LogP contribution in [-0.4, -0.2) is 18.5 Å². The van der Waals surface area contributed by atoms with Crippen molar-refractivity contribution in [3.63, 3.8) is 0 Å². The van der Waals surface area contributed by atoms with Crippen LogP contribution in [0.5, 0.6) is 0 Å². The summed E-state index contributed by atoms with van der Waals surface area (Å²) in [5.74, 6) is 0.371. The molecule has 0 bridgehead atoms. The quantitative estimate of drug-likeness (QED) is 0.751. The predicted molar refractivity (Wildman–Crippen MR) is 82.3 cm³/mol. The van der Waals surface area contributed by atoms with Crippen molar-refractivity contribution < 1.29 is 4.79 Å². The minimum Gasteiger partial charge on any atom is -0.356 e. The van der Waals surface area contributed by atoms with Gasteiger partial charge in [-0.2, -0.15) is 0 Å². The smallest absolute Gasteiger partial charge is 0.223 e. The molecule has 1 saturated carbocycles. The standard InChI is InChI=1S/C17H26N2O/c18-16-11-10-15(13-16)17(20)19-12-6-2-5-9-14-7-3-1-4-8-14/h1,3-4,7-8,15-16H,2,5-6,9-13,18H2,(H,19,20). The molecule has 0 aromatic heterocycles. The molecule has 0 heterocycles. The number of aryl methyl sites for hydroxylation is 1. The van der Waals surface area contributed by atoms with Gasteiger partial charge in [-0.1, -0.05) is 36.8 Å². The van der Waals surface area contributed by atoms with E-state index in [2.05, 4.69) is 29.6 Å². The molecule has 1 aliphatic carbocycles. The largest absolute Gasteiger partial charge is 0.356 e. The lowest BCUT2D eigenvalue weighted by atomic mass is 10.1. The first-order valence-electron chi connectivity index (χ1n) is 7.83. The second-order valence-electron chi connectivity index (χ2n) is 5.86. The topological polar surface area (TPSA) is 55.1 Å². The SMILES string of the molecule is NC1CCC(C(=O)NCCCCCc2ccccc2)C1. The van der Waals surface area contributed by atoms with Crippen molar-refractivity contribution >= 4 is 5.91 Å². The number of carbonyl (C=O) groups excluding carboxylic acids is 1. The highest BCUT2D eigenvalue weighted by atomic mass is 16.1. The number of benzene rings is 1. The van der Waals surface area contributed by atoms with E-state index in [1.165, 1.54) is 18.4 Å². The third-order valence-corrected chi connectivity index (χ3v) is 4.13. The molecule has 2 atom stereocenters. The summed E-state index contributed by atoms with van der Waals surface area (Å²) >= 11 is 0. The maximum atomic E-state index is 11.9. The molecule has 2 rings (SSSR count). The van der Waals surface area contributed by atoms with Gasteiger partial charge in [-0.3, -0.25) is 4.79 Å². The number of carbonyl (C=O) groups is 1. The van der Waals surface area contributed by atoms with Crippen molar-refractivity contribution in [1.82, 2.24) is 5.32 Å². The molecule has 2 unspecified atom stereocenters. The van der Waals surface area contributed by atoms with E-state index in [0.29, 0.717) is 0 Å². The van der Waals surface area contributed by atoms with E-state index >= 15 is 0 Å². The van der Waals surface area contributed by atoms with Crippen LogP contribution in [0.25, 0.3) is 0 Å². The lowest BCUT2D eigenvalue weighted by Crippen LogP contribution is -2.31. The number of nitrogens with one attached hydrogen (secondary N) is 1. The molecule has 1 aromatic carbocycles. The first-order valence-corrected chi connectivity index (χ1v) is 7.83. The first kappa shape index (κ1) is 15.0. The Balaban J connectivity index is 1.50. The van der Waals surface area contributed by atoms with Gasteiger partial charge in [0.25, 0.3) is 0 Å². The van der Waals surface area contributed by atoms with Crippen LogP contribution >= 0.6 is 0 Å². The van der Waals surface area contributed by atoms with Crippen LogP contribution < -0.4 is 11.1 Å². The second-order valence-corrected chi connectivity index (χ2v) is 5.86. The van der Waals surface area contributed by atoms with E-state index in [4.69, 9.17) is 5.73 Å². The normalized spacial score (nSPS) is 21.9. The monoisotopic (exact) mass is 274 g/mol. The fourth-order valence-electron chi connectivity index (χ4n) is 2.89. The van der Waals surface area contributed by atoms with Gasteiger partial charge in [0.15, 0.2) is 0 Å². The average molecular weight is 274 g/mol. The molecule has 1 aliphatic rings. The number of nitrogens with two attached hydrogens (primary N) is 1. The number of hydrogen-bond acceptors (Lipinski definition) is 2. The third-order valence-electron chi connectivity index (χ3n) is 4.13. The van der Waals surface area contributed by atoms with Crippen LogP contribution in [0.1, 0.15) is 44.1 Å². The molecule has 1 fully saturated rings. The van der Waals surface area contributed by atoms with Crippen molar-refractivity contribution in [3.8, 4) is 0 Å². The van der Waals surface area contributed by atoms with Crippen LogP contribution in [0.3, 0.4) is 0 Å². The number of amides is 1. The van der Waals surface area contributed by atoms with Crippen LogP contribution in [0.15, 0.2) is 30.3 Å². The average Bonchev–Trinajstić information content (AvgIpc) is 2.90. The molecular formula is C17H26N2O. The zero-order chi connectivity index (χ0) is 14.2. The van der Waals surface area contributed by atoms with Gasteiger partial charge in [0.2, 0.25) is 5.91 Å². The van der Waals surface area contributed by atoms with Gasteiger partial charge in [-0.15, -0.1) is 0 Å². The van der Waals surface area contributed by atoms with E-state index in [9.17, 15) is 4.79 Å². The van der Waals surface area contributed by atoms with E-state index < -0.39 is 0 Å². The molecule has 1 amide bonds. The summed E-state index contributed by atoms with van der Waals surface area (Å²) in [6.07, 6.45) is 7.37. The Morgan fingerprint density at radius 1 is 1.15 bits per heavy atom. The molecule has 1 aromatic rings. The highest BCUT2D eigenvalue weighted by Crippen LogP contribution is 2.23. The fraction of sp³-hybridized carbons (Fsp3) is 0.588. The lowest BCUT2D eigenvalue weighted by Gasteiger charge is -2.10. The Hall–Kier alpha value is -1.35. The second kappa shape index (κ2) is 8.05. The van der Waals surface area contributed by atoms with E-state index in [1.54, 1.807) is 0 Å². The summed E-state index contributed by atoms with van der Waals surface area (Å²) in [6.45, 7) is 0.805. The maximum absolute atomic E-state index is 11.9. The minimum atomic E-state index is 0.161. The molecule has 110 valence electrons. The summed E-state index contributed by atoms with van der Waals surface area (Å²) in [7, 11) is 0. The Morgan fingerprint density at radius 2 is 1.95 bits per heavy atom. The van der Waals surface area contributed by atoms with Gasteiger partial charge in [-0.25, -0.2) is 0 Å². The summed E-state index contributed by atoms with van der Waals surface area (Å²) in [5.41, 5.74) is 7.23. The minimum absolute atomic E-state index is 0.161. The van der Waals surface area contributed by atoms with Gasteiger partial charge < -0.3 is 11.1 Å². The van der Waals surface area contributed by atoms with E-state index in [0.717, 1.165) is 38.6 Å². The van der Waals surface area contributed by atoms with Crippen molar-refractivity contribution in [2.24, 2.45) is 11.7 Å². The van der Waals surface area contributed by atoms with Crippen molar-refractivity contribution in [2.75, 3.05) is 6.54 Å². The zero-order valence-electron chi connectivity index (χ0n) is 12.2. The van der Waals surface area contributed by atoms with E-state index in [-0.39, 0.29) is 17.9 Å². The van der Waals surface area contributed by atoms with Crippen LogP contribution in [0.2, 0.25) is 0 Å². The van der Waals surface area contributed by atoms with Crippen LogP contribution in [-0.2, 0) is 11.2 Å². The number of rotatable bonds is 7. The van der Waals surface area contributed by atoms with Crippen LogP contribution in [0.4, 0.5) is 0 Å². The summed E-state index contributed by atoms with van der Waals surface area (Å²) < 4.78 is 0. The molecule has 0 saturated heterocycles. The Bertz CT molecular complexity index is 405. The fourth-order valence-corrected chi connectivity index (χ4v) is 2.89. The van der Waals surface area contributed by atoms with Crippen LogP contribution in [0, 0.1) is 5.92 Å². The van der Waals surface area contributed by atoms with Gasteiger partial charge in [0, 0.05) is 18.5 Å². The molecule has 0 radical (unpaired) electrons. The molecule has 3 nitrogen and oxygen atoms in total. The Labute approximate surface area is 121 Å². The summed E-state index contributed by atoms with van der Waals surface area (Å²) in [4.78, 5) is 11.9. The Kier molecular flexibility index (Phi) is 6.06. The molecule has 0 aliphatic heterocycles. The van der Waals surface area contributed by atoms with Crippen molar-refractivity contribution in [1.29, 1.82) is 0 Å². The Morgan fingerprint density at radius 3 is 2.65 bits per heavy atom. The van der Waals surface area contributed by atoms with Gasteiger partial charge in [0.05, 0.1) is 0 Å². The van der Waals surface area contributed by atoms with Crippen molar-refractivity contribution in [3.05, 3.63) is 35.9 Å². The van der Waals surface area contributed by atoms with E-state index in [1.807, 2.05) is 6.07 Å². The molecule has 0 spiro atoms. The molecular weight excluding hydrogens is 248 g/mol. The highest BCUT2D eigenvalue weighted by Gasteiger charge is 2.27. The molecule has 3 heteroatoms. The lowest BCUT2D eigenvalue weighted by molar-refractivity contribution is -0.124. The first-order chi connectivity index (χ1) is 9.75. The zero-order valence-corrected chi connectivity index (χ0v) is 12.2. The van der Waals surface area contributed by atoms with Gasteiger partial charge in [0.1, 0.15) is 0 Å². The number of unbranched alkanes of at least 4 members (excludes halogenated alkanes) is 2. The van der Waals surface area contributed by atoms with Gasteiger partial charge in [-0.05, 0) is 44.1 Å². The summed E-state index contributed by atoms with van der Waals surface area (Å²) in [6, 6.07) is 10.8. The maximum Gasteiger partial charge on any atom is 0.223 e. The highest BCUT2D eigenvalue weighted by molar-refractivity contribution is 5.78. The number of hydrogen-bond donors (Lipinski definition) is 2. The summed E-state index contributed by atoms with van der Waals surface area (Å²) in [5, 5.41) is 3.05. The third kappa shape index (κ3) is 4.97. The molecule has 3 N–H and O–H groups in total. The molecule has 20 heavy (non-hydrogen) atoms.